The minimum atomic E-state index is -0.267. The number of rotatable bonds is 4. The van der Waals surface area contributed by atoms with E-state index in [9.17, 15) is 9.90 Å². The molecule has 0 radical (unpaired) electrons. The minimum Gasteiger partial charge on any atom is -0.493 e. The molecular weight excluding hydrogens is 292 g/mol. The van der Waals surface area contributed by atoms with E-state index < -0.39 is 0 Å². The van der Waals surface area contributed by atoms with E-state index >= 15 is 0 Å². The van der Waals surface area contributed by atoms with Gasteiger partial charge in [-0.05, 0) is 11.5 Å². The molecule has 3 aromatic rings. The van der Waals surface area contributed by atoms with E-state index in [4.69, 9.17) is 0 Å². The van der Waals surface area contributed by atoms with Crippen molar-refractivity contribution in [2.75, 3.05) is 0 Å². The first kappa shape index (κ1) is 15.0. The van der Waals surface area contributed by atoms with Crippen molar-refractivity contribution in [2.24, 2.45) is 0 Å². The van der Waals surface area contributed by atoms with Gasteiger partial charge < -0.3 is 10.4 Å². The number of aromatic nitrogens is 3. The molecule has 23 heavy (non-hydrogen) atoms. The maximum absolute atomic E-state index is 12.4. The Balaban J connectivity index is 1.88. The predicted octanol–water partition coefficient (Wildman–Crippen LogP) is 2.49. The van der Waals surface area contributed by atoms with Gasteiger partial charge in [-0.2, -0.15) is 9.61 Å². The Kier molecular flexibility index (Phi) is 3.97. The third-order valence-corrected chi connectivity index (χ3v) is 3.60. The fourth-order valence-corrected chi connectivity index (χ4v) is 2.29. The zero-order valence-electron chi connectivity index (χ0n) is 13.0. The molecule has 118 valence electrons. The van der Waals surface area contributed by atoms with Crippen LogP contribution in [0.3, 0.4) is 0 Å². The highest BCUT2D eigenvalue weighted by molar-refractivity contribution is 5.99. The Hall–Kier alpha value is -2.89. The van der Waals surface area contributed by atoms with Crippen LogP contribution in [0, 0.1) is 0 Å². The second kappa shape index (κ2) is 6.08. The van der Waals surface area contributed by atoms with Crippen LogP contribution in [0.5, 0.6) is 5.88 Å². The van der Waals surface area contributed by atoms with Gasteiger partial charge in [0.2, 0.25) is 5.88 Å². The number of nitrogens with zero attached hydrogens (tertiary/aromatic N) is 3. The molecule has 0 saturated carbocycles. The van der Waals surface area contributed by atoms with E-state index in [1.54, 1.807) is 6.07 Å². The van der Waals surface area contributed by atoms with E-state index in [1.807, 2.05) is 44.2 Å². The molecule has 0 aliphatic rings. The number of fused-ring (bicyclic) bond motifs is 1. The van der Waals surface area contributed by atoms with Gasteiger partial charge in [0, 0.05) is 12.6 Å². The average Bonchev–Trinajstić information content (AvgIpc) is 2.98. The van der Waals surface area contributed by atoms with Crippen LogP contribution in [0.25, 0.3) is 5.65 Å². The fraction of sp³-hybridized carbons (Fsp3) is 0.235. The molecule has 1 aromatic carbocycles. The molecular formula is C17H18N4O2. The standard InChI is InChI=1S/C17H18N4O2/c1-11(2)14-8-15(22)21-16(20-14)13(10-19-21)17(23)18-9-12-6-4-3-5-7-12/h3-8,10-11,22H,9H2,1-2H3,(H,18,23). The first-order valence-electron chi connectivity index (χ1n) is 7.46. The second-order valence-corrected chi connectivity index (χ2v) is 5.66. The van der Waals surface area contributed by atoms with Gasteiger partial charge >= 0.3 is 0 Å². The maximum atomic E-state index is 12.4. The van der Waals surface area contributed by atoms with Crippen LogP contribution in [0.15, 0.2) is 42.6 Å². The van der Waals surface area contributed by atoms with Crippen LogP contribution in [-0.2, 0) is 6.54 Å². The van der Waals surface area contributed by atoms with Crippen LogP contribution >= 0.6 is 0 Å². The molecule has 0 saturated heterocycles. The average molecular weight is 310 g/mol. The molecule has 2 heterocycles. The van der Waals surface area contributed by atoms with Crippen molar-refractivity contribution in [3.63, 3.8) is 0 Å². The summed E-state index contributed by atoms with van der Waals surface area (Å²) < 4.78 is 1.27. The van der Waals surface area contributed by atoms with Crippen molar-refractivity contribution >= 4 is 11.6 Å². The Bertz CT molecular complexity index is 840. The summed E-state index contributed by atoms with van der Waals surface area (Å²) >= 11 is 0. The monoisotopic (exact) mass is 310 g/mol. The molecule has 0 atom stereocenters. The minimum absolute atomic E-state index is 0.0270. The number of hydrogen-bond acceptors (Lipinski definition) is 4. The van der Waals surface area contributed by atoms with Gasteiger partial charge in [-0.25, -0.2) is 4.98 Å². The largest absolute Gasteiger partial charge is 0.493 e. The summed E-state index contributed by atoms with van der Waals surface area (Å²) in [5, 5.41) is 16.9. The van der Waals surface area contributed by atoms with Gasteiger partial charge in [0.15, 0.2) is 5.65 Å². The Labute approximate surface area is 133 Å². The van der Waals surface area contributed by atoms with Gasteiger partial charge in [-0.1, -0.05) is 44.2 Å². The first-order chi connectivity index (χ1) is 11.1. The molecule has 0 bridgehead atoms. The zero-order chi connectivity index (χ0) is 16.4. The molecule has 0 fully saturated rings. The van der Waals surface area contributed by atoms with Crippen molar-refractivity contribution in [1.29, 1.82) is 0 Å². The van der Waals surface area contributed by atoms with Crippen LogP contribution < -0.4 is 5.32 Å². The van der Waals surface area contributed by atoms with Gasteiger partial charge in [0.1, 0.15) is 5.56 Å². The van der Waals surface area contributed by atoms with Gasteiger partial charge in [-0.15, -0.1) is 0 Å². The highest BCUT2D eigenvalue weighted by atomic mass is 16.3. The fourth-order valence-electron chi connectivity index (χ4n) is 2.29. The van der Waals surface area contributed by atoms with E-state index in [2.05, 4.69) is 15.4 Å². The highest BCUT2D eigenvalue weighted by Crippen LogP contribution is 2.21. The van der Waals surface area contributed by atoms with Gasteiger partial charge in [0.25, 0.3) is 5.91 Å². The van der Waals surface area contributed by atoms with Crippen LogP contribution in [0.1, 0.15) is 41.4 Å². The summed E-state index contributed by atoms with van der Waals surface area (Å²) in [5.74, 6) is -0.154. The van der Waals surface area contributed by atoms with Crippen molar-refractivity contribution in [2.45, 2.75) is 26.3 Å². The Morgan fingerprint density at radius 2 is 2.04 bits per heavy atom. The van der Waals surface area contributed by atoms with E-state index in [1.165, 1.54) is 10.7 Å². The smallest absolute Gasteiger partial charge is 0.257 e. The summed E-state index contributed by atoms with van der Waals surface area (Å²) in [4.78, 5) is 16.9. The van der Waals surface area contributed by atoms with Crippen molar-refractivity contribution in [1.82, 2.24) is 19.9 Å². The normalized spacial score (nSPS) is 11.1. The number of carbonyl (C=O) groups excluding carboxylic acids is 1. The summed E-state index contributed by atoms with van der Waals surface area (Å²) in [6.45, 7) is 4.38. The summed E-state index contributed by atoms with van der Waals surface area (Å²) in [5.41, 5.74) is 2.43. The molecule has 1 amide bonds. The Morgan fingerprint density at radius 1 is 1.30 bits per heavy atom. The molecule has 6 nitrogen and oxygen atoms in total. The number of aromatic hydroxyl groups is 1. The third-order valence-electron chi connectivity index (χ3n) is 3.60. The topological polar surface area (TPSA) is 79.5 Å². The molecule has 3 rings (SSSR count). The summed E-state index contributed by atoms with van der Waals surface area (Å²) in [7, 11) is 0. The molecule has 2 aromatic heterocycles. The predicted molar refractivity (Wildman–Crippen MR) is 86.4 cm³/mol. The zero-order valence-corrected chi connectivity index (χ0v) is 13.0. The van der Waals surface area contributed by atoms with Crippen LogP contribution in [0.2, 0.25) is 0 Å². The molecule has 0 spiro atoms. The highest BCUT2D eigenvalue weighted by Gasteiger charge is 2.17. The Morgan fingerprint density at radius 3 is 2.74 bits per heavy atom. The third kappa shape index (κ3) is 3.01. The molecule has 0 aliphatic carbocycles. The van der Waals surface area contributed by atoms with Crippen LogP contribution in [0.4, 0.5) is 0 Å². The van der Waals surface area contributed by atoms with Gasteiger partial charge in [0.05, 0.1) is 11.9 Å². The molecule has 2 N–H and O–H groups in total. The lowest BCUT2D eigenvalue weighted by molar-refractivity contribution is 0.0952. The van der Waals surface area contributed by atoms with E-state index in [-0.39, 0.29) is 17.7 Å². The summed E-state index contributed by atoms with van der Waals surface area (Å²) in [6, 6.07) is 11.2. The summed E-state index contributed by atoms with van der Waals surface area (Å²) in [6.07, 6.45) is 1.42. The second-order valence-electron chi connectivity index (χ2n) is 5.66. The SMILES string of the molecule is CC(C)c1cc(O)n2ncc(C(=O)NCc3ccccc3)c2n1. The lowest BCUT2D eigenvalue weighted by Gasteiger charge is -2.07. The van der Waals surface area contributed by atoms with Gasteiger partial charge in [-0.3, -0.25) is 4.79 Å². The van der Waals surface area contributed by atoms with E-state index in [0.717, 1.165) is 5.56 Å². The van der Waals surface area contributed by atoms with Crippen molar-refractivity contribution < 1.29 is 9.90 Å². The number of benzene rings is 1. The van der Waals surface area contributed by atoms with Crippen molar-refractivity contribution in [3.8, 4) is 5.88 Å². The number of hydrogen-bond donors (Lipinski definition) is 2. The molecule has 0 aliphatic heterocycles. The lowest BCUT2D eigenvalue weighted by atomic mass is 10.1. The van der Waals surface area contributed by atoms with Crippen molar-refractivity contribution in [3.05, 3.63) is 59.4 Å². The van der Waals surface area contributed by atoms with Crippen LogP contribution in [-0.4, -0.2) is 25.6 Å². The maximum Gasteiger partial charge on any atom is 0.257 e. The molecule has 0 unspecified atom stereocenters. The number of carbonyl (C=O) groups is 1. The van der Waals surface area contributed by atoms with E-state index in [0.29, 0.717) is 23.4 Å². The number of nitrogens with one attached hydrogen (secondary N) is 1. The molecule has 6 heteroatoms. The quantitative estimate of drug-likeness (QED) is 0.776. The first-order valence-corrected chi connectivity index (χ1v) is 7.46. The number of amides is 1. The lowest BCUT2D eigenvalue weighted by Crippen LogP contribution is -2.22.